The van der Waals surface area contributed by atoms with Crippen molar-refractivity contribution in [1.29, 1.82) is 0 Å². The first-order valence-corrected chi connectivity index (χ1v) is 6.56. The fourth-order valence-electron chi connectivity index (χ4n) is 1.80. The van der Waals surface area contributed by atoms with Crippen molar-refractivity contribution in [2.24, 2.45) is 0 Å². The predicted octanol–water partition coefficient (Wildman–Crippen LogP) is 3.17. The molecule has 0 aliphatic heterocycles. The van der Waals surface area contributed by atoms with Crippen LogP contribution in [0.1, 0.15) is 44.4 Å². The van der Waals surface area contributed by atoms with Crippen molar-refractivity contribution in [1.82, 2.24) is 5.32 Å². The van der Waals surface area contributed by atoms with Gasteiger partial charge in [-0.2, -0.15) is 0 Å². The number of benzene rings is 1. The van der Waals surface area contributed by atoms with Gasteiger partial charge in [-0.1, -0.05) is 18.2 Å². The van der Waals surface area contributed by atoms with Crippen molar-refractivity contribution in [3.05, 3.63) is 35.1 Å². The number of carbonyl (C=O) groups is 2. The fraction of sp³-hybridized carbons (Fsp3) is 0.467. The molecule has 116 valence electrons. The lowest BCUT2D eigenvalue weighted by Gasteiger charge is -2.23. The molecular formula is C15H20FNO4. The van der Waals surface area contributed by atoms with Crippen molar-refractivity contribution in [3.63, 3.8) is 0 Å². The van der Waals surface area contributed by atoms with Gasteiger partial charge in [0.25, 0.3) is 0 Å². The van der Waals surface area contributed by atoms with Crippen molar-refractivity contribution in [2.45, 2.75) is 45.8 Å². The lowest BCUT2D eigenvalue weighted by atomic mass is 10.0. The second-order valence-electron chi connectivity index (χ2n) is 5.77. The summed E-state index contributed by atoms with van der Waals surface area (Å²) in [6, 6.07) is 3.65. The number of nitrogens with one attached hydrogen (secondary N) is 1. The van der Waals surface area contributed by atoms with Crippen molar-refractivity contribution >= 4 is 12.1 Å². The third kappa shape index (κ3) is 5.41. The zero-order chi connectivity index (χ0) is 16.2. The second kappa shape index (κ2) is 6.56. The number of hydrogen-bond acceptors (Lipinski definition) is 3. The van der Waals surface area contributed by atoms with Gasteiger partial charge in [-0.3, -0.25) is 4.79 Å². The topological polar surface area (TPSA) is 75.6 Å². The van der Waals surface area contributed by atoms with Crippen LogP contribution in [0.25, 0.3) is 0 Å². The summed E-state index contributed by atoms with van der Waals surface area (Å²) < 4.78 is 19.2. The highest BCUT2D eigenvalue weighted by Gasteiger charge is 2.24. The number of aliphatic carboxylic acids is 1. The molecule has 6 heteroatoms. The number of carbonyl (C=O) groups excluding carboxylic acids is 1. The van der Waals surface area contributed by atoms with Gasteiger partial charge in [-0.05, 0) is 33.3 Å². The van der Waals surface area contributed by atoms with E-state index in [1.165, 1.54) is 6.07 Å². The maximum absolute atomic E-state index is 14.1. The van der Waals surface area contributed by atoms with Gasteiger partial charge < -0.3 is 15.2 Å². The van der Waals surface area contributed by atoms with E-state index in [1.807, 2.05) is 0 Å². The summed E-state index contributed by atoms with van der Waals surface area (Å²) in [6.45, 7) is 6.63. The molecule has 1 rings (SSSR count). The molecule has 0 spiro atoms. The second-order valence-corrected chi connectivity index (χ2v) is 5.77. The maximum atomic E-state index is 14.1. The van der Waals surface area contributed by atoms with Gasteiger partial charge in [-0.15, -0.1) is 0 Å². The minimum absolute atomic E-state index is 0.128. The van der Waals surface area contributed by atoms with Crippen LogP contribution in [-0.4, -0.2) is 22.8 Å². The molecule has 1 aromatic rings. The molecule has 0 aromatic heterocycles. The number of halogens is 1. The number of hydrogen-bond donors (Lipinski definition) is 2. The number of rotatable bonds is 4. The summed E-state index contributed by atoms with van der Waals surface area (Å²) >= 11 is 0. The highest BCUT2D eigenvalue weighted by molar-refractivity contribution is 5.72. The molecule has 0 saturated heterocycles. The molecule has 1 aromatic carbocycles. The highest BCUT2D eigenvalue weighted by atomic mass is 19.1. The minimum atomic E-state index is -1.14. The average molecular weight is 297 g/mol. The normalized spacial score (nSPS) is 12.6. The largest absolute Gasteiger partial charge is 0.481 e. The van der Waals surface area contributed by atoms with Crippen LogP contribution in [0.3, 0.4) is 0 Å². The quantitative estimate of drug-likeness (QED) is 0.895. The van der Waals surface area contributed by atoms with Gasteiger partial charge >= 0.3 is 12.1 Å². The number of alkyl carbamates (subject to hydrolysis) is 1. The smallest absolute Gasteiger partial charge is 0.408 e. The van der Waals surface area contributed by atoms with Gasteiger partial charge in [0.1, 0.15) is 11.4 Å². The molecule has 0 radical (unpaired) electrons. The number of carboxylic acids is 1. The van der Waals surface area contributed by atoms with Crippen molar-refractivity contribution < 1.29 is 23.8 Å². The Bertz CT molecular complexity index is 537. The molecule has 1 atom stereocenters. The minimum Gasteiger partial charge on any atom is -0.481 e. The summed E-state index contributed by atoms with van der Waals surface area (Å²) in [6.07, 6.45) is -1.21. The van der Waals surface area contributed by atoms with Crippen LogP contribution in [0.5, 0.6) is 0 Å². The first-order valence-electron chi connectivity index (χ1n) is 6.56. The Morgan fingerprint density at radius 1 is 1.38 bits per heavy atom. The van der Waals surface area contributed by atoms with E-state index in [9.17, 15) is 14.0 Å². The maximum Gasteiger partial charge on any atom is 0.408 e. The highest BCUT2D eigenvalue weighted by Crippen LogP contribution is 2.23. The first kappa shape index (κ1) is 16.9. The molecule has 0 heterocycles. The van der Waals surface area contributed by atoms with E-state index in [-0.39, 0.29) is 5.56 Å². The van der Waals surface area contributed by atoms with E-state index >= 15 is 0 Å². The van der Waals surface area contributed by atoms with Crippen molar-refractivity contribution in [3.8, 4) is 0 Å². The van der Waals surface area contributed by atoms with E-state index in [4.69, 9.17) is 9.84 Å². The van der Waals surface area contributed by atoms with Crippen LogP contribution in [0.15, 0.2) is 18.2 Å². The Kier molecular flexibility index (Phi) is 5.29. The Labute approximate surface area is 123 Å². The van der Waals surface area contributed by atoms with Crippen LogP contribution >= 0.6 is 0 Å². The van der Waals surface area contributed by atoms with E-state index in [2.05, 4.69) is 5.32 Å². The summed E-state index contributed by atoms with van der Waals surface area (Å²) in [4.78, 5) is 22.7. The SMILES string of the molecule is Cc1cccc([C@H](CC(=O)O)NC(=O)OC(C)(C)C)c1F. The molecule has 0 saturated carbocycles. The molecule has 0 fully saturated rings. The molecule has 5 nitrogen and oxygen atoms in total. The molecule has 1 amide bonds. The van der Waals surface area contributed by atoms with Crippen LogP contribution in [0, 0.1) is 12.7 Å². The van der Waals surface area contributed by atoms with E-state index in [0.717, 1.165) is 0 Å². The van der Waals surface area contributed by atoms with Crippen LogP contribution in [0.2, 0.25) is 0 Å². The summed E-state index contributed by atoms with van der Waals surface area (Å²) in [5.74, 6) is -1.67. The Balaban J connectivity index is 2.98. The number of aryl methyl sites for hydroxylation is 1. The zero-order valence-corrected chi connectivity index (χ0v) is 12.6. The van der Waals surface area contributed by atoms with E-state index < -0.39 is 35.9 Å². The monoisotopic (exact) mass is 297 g/mol. The van der Waals surface area contributed by atoms with E-state index in [0.29, 0.717) is 5.56 Å². The molecule has 0 aliphatic carbocycles. The molecule has 21 heavy (non-hydrogen) atoms. The van der Waals surface area contributed by atoms with E-state index in [1.54, 1.807) is 39.8 Å². The Morgan fingerprint density at radius 3 is 2.52 bits per heavy atom. The van der Waals surface area contributed by atoms with Crippen LogP contribution in [-0.2, 0) is 9.53 Å². The van der Waals surface area contributed by atoms with Crippen LogP contribution < -0.4 is 5.32 Å². The summed E-state index contributed by atoms with van der Waals surface area (Å²) in [7, 11) is 0. The standard InChI is InChI=1S/C15H20FNO4/c1-9-6-5-7-10(13(9)16)11(8-12(18)19)17-14(20)21-15(2,3)4/h5-7,11H,8H2,1-4H3,(H,17,20)(H,18,19)/t11-/m0/s1. The molecule has 0 unspecified atom stereocenters. The van der Waals surface area contributed by atoms with Gasteiger partial charge in [0.05, 0.1) is 12.5 Å². The first-order chi connectivity index (χ1) is 9.60. The van der Waals surface area contributed by atoms with Gasteiger partial charge in [0.15, 0.2) is 0 Å². The molecule has 0 aliphatic rings. The zero-order valence-electron chi connectivity index (χ0n) is 12.6. The van der Waals surface area contributed by atoms with Gasteiger partial charge in [-0.25, -0.2) is 9.18 Å². The molecule has 2 N–H and O–H groups in total. The van der Waals surface area contributed by atoms with Gasteiger partial charge in [0, 0.05) is 5.56 Å². The summed E-state index contributed by atoms with van der Waals surface area (Å²) in [5.41, 5.74) is -0.208. The summed E-state index contributed by atoms with van der Waals surface area (Å²) in [5, 5.41) is 11.3. The number of amides is 1. The lowest BCUT2D eigenvalue weighted by molar-refractivity contribution is -0.137. The van der Waals surface area contributed by atoms with Gasteiger partial charge in [0.2, 0.25) is 0 Å². The fourth-order valence-corrected chi connectivity index (χ4v) is 1.80. The Morgan fingerprint density at radius 2 is 2.00 bits per heavy atom. The van der Waals surface area contributed by atoms with Crippen LogP contribution in [0.4, 0.5) is 9.18 Å². The molecular weight excluding hydrogens is 277 g/mol. The third-order valence-corrected chi connectivity index (χ3v) is 2.67. The Hall–Kier alpha value is -2.11. The predicted molar refractivity (Wildman–Crippen MR) is 75.5 cm³/mol. The average Bonchev–Trinajstić information content (AvgIpc) is 2.28. The van der Waals surface area contributed by atoms with Crippen molar-refractivity contribution in [2.75, 3.05) is 0 Å². The third-order valence-electron chi connectivity index (χ3n) is 2.67. The lowest BCUT2D eigenvalue weighted by Crippen LogP contribution is -2.36. The number of ether oxygens (including phenoxy) is 1. The molecule has 0 bridgehead atoms. The number of carboxylic acid groups (broad SMARTS) is 1.